The highest BCUT2D eigenvalue weighted by molar-refractivity contribution is 7.18. The summed E-state index contributed by atoms with van der Waals surface area (Å²) >= 11 is 1.76. The highest BCUT2D eigenvalue weighted by Gasteiger charge is 2.26. The first-order valence-corrected chi connectivity index (χ1v) is 8.52. The summed E-state index contributed by atoms with van der Waals surface area (Å²) in [5.74, 6) is -1.13. The Morgan fingerprint density at radius 1 is 1.13 bits per heavy atom. The summed E-state index contributed by atoms with van der Waals surface area (Å²) in [4.78, 5) is 7.03. The summed E-state index contributed by atoms with van der Waals surface area (Å²) in [6, 6.07) is 12.3. The Bertz CT molecular complexity index is 813. The number of halogens is 2. The van der Waals surface area contributed by atoms with Crippen molar-refractivity contribution in [2.24, 2.45) is 0 Å². The molecule has 1 saturated heterocycles. The van der Waals surface area contributed by atoms with E-state index < -0.39 is 11.6 Å². The van der Waals surface area contributed by atoms with Gasteiger partial charge in [0.25, 0.3) is 0 Å². The highest BCUT2D eigenvalue weighted by Crippen LogP contribution is 2.33. The molecule has 0 unspecified atom stereocenters. The van der Waals surface area contributed by atoms with Gasteiger partial charge in [0.2, 0.25) is 0 Å². The fourth-order valence-electron chi connectivity index (χ4n) is 3.14. The van der Waals surface area contributed by atoms with E-state index in [-0.39, 0.29) is 0 Å². The maximum Gasteiger partial charge on any atom is 0.159 e. The van der Waals surface area contributed by atoms with Crippen molar-refractivity contribution in [3.63, 3.8) is 0 Å². The third kappa shape index (κ3) is 2.99. The Morgan fingerprint density at radius 2 is 2.00 bits per heavy atom. The minimum absolute atomic E-state index is 0.428. The number of thiazole rings is 1. The average Bonchev–Trinajstić information content (AvgIpc) is 3.17. The van der Waals surface area contributed by atoms with Gasteiger partial charge < -0.3 is 0 Å². The van der Waals surface area contributed by atoms with Gasteiger partial charge in [0.05, 0.1) is 15.2 Å². The molecule has 0 spiro atoms. The van der Waals surface area contributed by atoms with Crippen LogP contribution in [-0.4, -0.2) is 23.0 Å². The second-order valence-electron chi connectivity index (χ2n) is 5.99. The van der Waals surface area contributed by atoms with Gasteiger partial charge in [-0.2, -0.15) is 0 Å². The number of hydrogen-bond donors (Lipinski definition) is 0. The molecule has 0 aliphatic carbocycles. The van der Waals surface area contributed by atoms with Gasteiger partial charge in [-0.25, -0.2) is 13.8 Å². The van der Waals surface area contributed by atoms with Crippen molar-refractivity contribution in [3.05, 3.63) is 64.7 Å². The molecule has 118 valence electrons. The highest BCUT2D eigenvalue weighted by atomic mass is 32.1. The first-order valence-electron chi connectivity index (χ1n) is 7.71. The van der Waals surface area contributed by atoms with Gasteiger partial charge in [-0.05, 0) is 42.8 Å². The van der Waals surface area contributed by atoms with Crippen molar-refractivity contribution in [2.45, 2.75) is 18.9 Å². The molecular weight excluding hydrogens is 314 g/mol. The van der Waals surface area contributed by atoms with E-state index in [0.717, 1.165) is 30.6 Å². The van der Waals surface area contributed by atoms with Gasteiger partial charge in [0.15, 0.2) is 11.6 Å². The number of hydrogen-bond acceptors (Lipinski definition) is 3. The zero-order chi connectivity index (χ0) is 15.8. The third-order valence-electron chi connectivity index (χ3n) is 4.32. The van der Waals surface area contributed by atoms with Crippen LogP contribution in [0.4, 0.5) is 8.78 Å². The van der Waals surface area contributed by atoms with Crippen LogP contribution in [0.15, 0.2) is 42.5 Å². The summed E-state index contributed by atoms with van der Waals surface area (Å²) < 4.78 is 27.5. The number of nitrogens with zero attached hydrogens (tertiary/aromatic N) is 2. The Hall–Kier alpha value is -1.85. The molecule has 2 heterocycles. The van der Waals surface area contributed by atoms with E-state index in [2.05, 4.69) is 11.0 Å². The van der Waals surface area contributed by atoms with Crippen LogP contribution >= 0.6 is 11.3 Å². The van der Waals surface area contributed by atoms with Crippen molar-refractivity contribution < 1.29 is 8.78 Å². The number of likely N-dealkylation sites (tertiary alicyclic amines) is 1. The molecule has 0 N–H and O–H groups in total. The van der Waals surface area contributed by atoms with Crippen LogP contribution < -0.4 is 0 Å². The van der Waals surface area contributed by atoms with Crippen LogP contribution in [0.25, 0.3) is 10.2 Å². The molecule has 2 nitrogen and oxygen atoms in total. The van der Waals surface area contributed by atoms with E-state index in [1.165, 1.54) is 21.8 Å². The van der Waals surface area contributed by atoms with Gasteiger partial charge in [0.1, 0.15) is 0 Å². The molecular formula is C18H16F2N2S. The van der Waals surface area contributed by atoms with Crippen LogP contribution in [0.1, 0.15) is 22.9 Å². The average molecular weight is 330 g/mol. The largest absolute Gasteiger partial charge is 0.298 e. The van der Waals surface area contributed by atoms with Crippen LogP contribution in [0.3, 0.4) is 0 Å². The Balaban J connectivity index is 1.47. The number of benzene rings is 2. The minimum Gasteiger partial charge on any atom is -0.298 e. The molecule has 3 aromatic rings. The summed E-state index contributed by atoms with van der Waals surface area (Å²) in [6.07, 6.45) is 1.06. The predicted octanol–water partition coefficient (Wildman–Crippen LogP) is 4.56. The van der Waals surface area contributed by atoms with E-state index in [1.54, 1.807) is 17.4 Å². The van der Waals surface area contributed by atoms with Gasteiger partial charge in [-0.3, -0.25) is 4.90 Å². The lowest BCUT2D eigenvalue weighted by atomic mass is 10.1. The number of fused-ring (bicyclic) bond motifs is 1. The first-order chi connectivity index (χ1) is 11.2. The van der Waals surface area contributed by atoms with Gasteiger partial charge in [0, 0.05) is 19.0 Å². The third-order valence-corrected chi connectivity index (χ3v) is 5.52. The molecule has 2 aromatic carbocycles. The molecule has 0 amide bonds. The normalized spacial score (nSPS) is 18.8. The van der Waals surface area contributed by atoms with E-state index in [1.807, 2.05) is 18.2 Å². The van der Waals surface area contributed by atoms with Gasteiger partial charge in [-0.1, -0.05) is 18.2 Å². The topological polar surface area (TPSA) is 16.1 Å². The zero-order valence-corrected chi connectivity index (χ0v) is 13.3. The van der Waals surface area contributed by atoms with Crippen LogP contribution in [0.2, 0.25) is 0 Å². The molecule has 0 bridgehead atoms. The lowest BCUT2D eigenvalue weighted by molar-refractivity contribution is 0.326. The quantitative estimate of drug-likeness (QED) is 0.700. The molecule has 1 fully saturated rings. The molecule has 1 aromatic heterocycles. The lowest BCUT2D eigenvalue weighted by Crippen LogP contribution is -2.19. The van der Waals surface area contributed by atoms with Crippen LogP contribution in [0, 0.1) is 11.6 Å². The van der Waals surface area contributed by atoms with Gasteiger partial charge in [-0.15, -0.1) is 11.3 Å². The van der Waals surface area contributed by atoms with Crippen molar-refractivity contribution in [1.82, 2.24) is 9.88 Å². The standard InChI is InChI=1S/C18H16F2N2S/c19-14-6-5-12(9-15(14)20)10-22-8-7-13(11-22)18-21-16-3-1-2-4-17(16)23-18/h1-6,9,13H,7-8,10-11H2/t13-/m0/s1. The fraction of sp³-hybridized carbons (Fsp3) is 0.278. The maximum absolute atomic E-state index is 13.3. The molecule has 4 rings (SSSR count). The van der Waals surface area contributed by atoms with E-state index in [0.29, 0.717) is 12.5 Å². The summed E-state index contributed by atoms with van der Waals surface area (Å²) in [5, 5.41) is 1.18. The lowest BCUT2D eigenvalue weighted by Gasteiger charge is -2.15. The predicted molar refractivity (Wildman–Crippen MR) is 88.6 cm³/mol. The minimum atomic E-state index is -0.789. The first kappa shape index (κ1) is 14.7. The van der Waals surface area contributed by atoms with Crippen molar-refractivity contribution >= 4 is 21.6 Å². The Kier molecular flexibility index (Phi) is 3.83. The summed E-state index contributed by atoms with van der Waals surface area (Å²) in [6.45, 7) is 2.52. The summed E-state index contributed by atoms with van der Waals surface area (Å²) in [7, 11) is 0. The zero-order valence-electron chi connectivity index (χ0n) is 12.5. The number of para-hydroxylation sites is 1. The van der Waals surface area contributed by atoms with Crippen LogP contribution in [0.5, 0.6) is 0 Å². The molecule has 0 saturated carbocycles. The van der Waals surface area contributed by atoms with Crippen LogP contribution in [-0.2, 0) is 6.54 Å². The molecule has 1 aliphatic rings. The fourth-order valence-corrected chi connectivity index (χ4v) is 4.23. The molecule has 1 atom stereocenters. The van der Waals surface area contributed by atoms with Crippen molar-refractivity contribution in [2.75, 3.05) is 13.1 Å². The SMILES string of the molecule is Fc1ccc(CN2CC[C@H](c3nc4ccccc4s3)C2)cc1F. The molecule has 23 heavy (non-hydrogen) atoms. The monoisotopic (exact) mass is 330 g/mol. The Labute approximate surface area is 137 Å². The van der Waals surface area contributed by atoms with E-state index >= 15 is 0 Å². The van der Waals surface area contributed by atoms with Gasteiger partial charge >= 0.3 is 0 Å². The number of aromatic nitrogens is 1. The van der Waals surface area contributed by atoms with E-state index in [4.69, 9.17) is 4.98 Å². The second-order valence-corrected chi connectivity index (χ2v) is 7.05. The molecule has 5 heteroatoms. The smallest absolute Gasteiger partial charge is 0.159 e. The maximum atomic E-state index is 13.3. The van der Waals surface area contributed by atoms with E-state index in [9.17, 15) is 8.78 Å². The second kappa shape index (κ2) is 5.98. The Morgan fingerprint density at radius 3 is 2.83 bits per heavy atom. The summed E-state index contributed by atoms with van der Waals surface area (Å²) in [5.41, 5.74) is 1.88. The molecule has 0 radical (unpaired) electrons. The van der Waals surface area contributed by atoms with Crippen molar-refractivity contribution in [1.29, 1.82) is 0 Å². The van der Waals surface area contributed by atoms with Crippen molar-refractivity contribution in [3.8, 4) is 0 Å². The molecule has 1 aliphatic heterocycles. The number of rotatable bonds is 3.